The maximum Gasteiger partial charge on any atom is 0.215 e. The Hall–Kier alpha value is -1.96. The van der Waals surface area contributed by atoms with E-state index in [1.807, 2.05) is 19.0 Å². The number of benzene rings is 2. The second-order valence-corrected chi connectivity index (χ2v) is 9.08. The Bertz CT molecular complexity index is 898. The highest BCUT2D eigenvalue weighted by atomic mass is 32.2. The molecule has 0 aromatic heterocycles. The summed E-state index contributed by atoms with van der Waals surface area (Å²) in [6.45, 7) is 1.29. The monoisotopic (exact) mass is 391 g/mol. The predicted molar refractivity (Wildman–Crippen MR) is 107 cm³/mol. The van der Waals surface area contributed by atoms with Crippen LogP contribution in [-0.2, 0) is 22.2 Å². The van der Waals surface area contributed by atoms with Crippen LogP contribution >= 0.6 is 0 Å². The molecule has 5 nitrogen and oxygen atoms in total. The van der Waals surface area contributed by atoms with Crippen LogP contribution in [0, 0.1) is 5.82 Å². The number of hydrogen-bond acceptors (Lipinski definition) is 4. The van der Waals surface area contributed by atoms with E-state index in [0.29, 0.717) is 5.56 Å². The second-order valence-electron chi connectivity index (χ2n) is 7.27. The van der Waals surface area contributed by atoms with E-state index in [1.54, 1.807) is 0 Å². The quantitative estimate of drug-likeness (QED) is 0.788. The van der Waals surface area contributed by atoms with Gasteiger partial charge in [-0.05, 0) is 55.4 Å². The zero-order chi connectivity index (χ0) is 19.6. The van der Waals surface area contributed by atoms with Crippen molar-refractivity contribution in [3.63, 3.8) is 0 Å². The van der Waals surface area contributed by atoms with Crippen LogP contribution in [-0.4, -0.2) is 47.6 Å². The van der Waals surface area contributed by atoms with E-state index in [0.717, 1.165) is 18.5 Å². The summed E-state index contributed by atoms with van der Waals surface area (Å²) in [6, 6.07) is 11.8. The van der Waals surface area contributed by atoms with Gasteiger partial charge in [-0.25, -0.2) is 17.5 Å². The topological polar surface area (TPSA) is 52.7 Å². The van der Waals surface area contributed by atoms with Crippen molar-refractivity contribution in [1.82, 2.24) is 9.62 Å². The standard InChI is InChI=1S/C20H26FN3O2S/c1-23(2)20(16-6-9-19-17(12-16)10-11-24(19)3)13-22-27(25,26)14-15-4-7-18(21)8-5-15/h4-9,12,20,22H,10-11,13-14H2,1-3H3/t20-/m1/s1. The van der Waals surface area contributed by atoms with E-state index in [9.17, 15) is 12.8 Å². The molecule has 27 heavy (non-hydrogen) atoms. The zero-order valence-electron chi connectivity index (χ0n) is 15.9. The Balaban J connectivity index is 1.70. The third-order valence-electron chi connectivity index (χ3n) is 5.01. The molecule has 0 aliphatic carbocycles. The van der Waals surface area contributed by atoms with E-state index >= 15 is 0 Å². The lowest BCUT2D eigenvalue weighted by Gasteiger charge is -2.26. The summed E-state index contributed by atoms with van der Waals surface area (Å²) in [5, 5.41) is 0. The van der Waals surface area contributed by atoms with Crippen molar-refractivity contribution in [2.24, 2.45) is 0 Å². The molecular formula is C20H26FN3O2S. The van der Waals surface area contributed by atoms with E-state index in [-0.39, 0.29) is 24.2 Å². The molecule has 0 fully saturated rings. The average molecular weight is 392 g/mol. The summed E-state index contributed by atoms with van der Waals surface area (Å²) in [7, 11) is 2.46. The molecule has 1 atom stereocenters. The van der Waals surface area contributed by atoms with Crippen LogP contribution in [0.2, 0.25) is 0 Å². The maximum absolute atomic E-state index is 13.0. The number of likely N-dealkylation sites (N-methyl/N-ethyl adjacent to an activating group) is 2. The molecule has 0 bridgehead atoms. The molecule has 3 rings (SSSR count). The Morgan fingerprint density at radius 3 is 2.56 bits per heavy atom. The highest BCUT2D eigenvalue weighted by Gasteiger charge is 2.22. The number of sulfonamides is 1. The van der Waals surface area contributed by atoms with E-state index in [2.05, 4.69) is 34.9 Å². The van der Waals surface area contributed by atoms with Gasteiger partial charge in [0.05, 0.1) is 5.75 Å². The molecule has 1 aliphatic heterocycles. The van der Waals surface area contributed by atoms with Crippen molar-refractivity contribution >= 4 is 15.7 Å². The maximum atomic E-state index is 13.0. The zero-order valence-corrected chi connectivity index (χ0v) is 16.8. The molecule has 2 aromatic rings. The summed E-state index contributed by atoms with van der Waals surface area (Å²) < 4.78 is 40.6. The van der Waals surface area contributed by atoms with Crippen LogP contribution in [0.4, 0.5) is 10.1 Å². The molecule has 0 amide bonds. The Morgan fingerprint density at radius 1 is 1.19 bits per heavy atom. The van der Waals surface area contributed by atoms with E-state index in [1.165, 1.54) is 35.5 Å². The van der Waals surface area contributed by atoms with Gasteiger partial charge >= 0.3 is 0 Å². The van der Waals surface area contributed by atoms with Gasteiger partial charge in [0.1, 0.15) is 5.82 Å². The smallest absolute Gasteiger partial charge is 0.215 e. The minimum atomic E-state index is -3.51. The molecule has 0 saturated heterocycles. The minimum Gasteiger partial charge on any atom is -0.374 e. The van der Waals surface area contributed by atoms with Gasteiger partial charge in [-0.3, -0.25) is 0 Å². The van der Waals surface area contributed by atoms with Crippen molar-refractivity contribution in [3.8, 4) is 0 Å². The largest absolute Gasteiger partial charge is 0.374 e. The Labute approximate surface area is 160 Å². The first-order valence-electron chi connectivity index (χ1n) is 8.97. The second kappa shape index (κ2) is 7.96. The molecule has 0 radical (unpaired) electrons. The van der Waals surface area contributed by atoms with Crippen molar-refractivity contribution in [2.75, 3.05) is 39.1 Å². The molecule has 146 valence electrons. The number of hydrogen-bond donors (Lipinski definition) is 1. The lowest BCUT2D eigenvalue weighted by molar-refractivity contribution is 0.299. The van der Waals surface area contributed by atoms with E-state index in [4.69, 9.17) is 0 Å². The molecule has 0 unspecified atom stereocenters. The van der Waals surface area contributed by atoms with Gasteiger partial charge in [-0.2, -0.15) is 0 Å². The first-order chi connectivity index (χ1) is 12.7. The fourth-order valence-electron chi connectivity index (χ4n) is 3.45. The third-order valence-corrected chi connectivity index (χ3v) is 6.33. The highest BCUT2D eigenvalue weighted by molar-refractivity contribution is 7.88. The van der Waals surface area contributed by atoms with Crippen molar-refractivity contribution < 1.29 is 12.8 Å². The lowest BCUT2D eigenvalue weighted by Crippen LogP contribution is -2.35. The van der Waals surface area contributed by atoms with Crippen molar-refractivity contribution in [2.45, 2.75) is 18.2 Å². The van der Waals surface area contributed by atoms with Gasteiger partial charge in [0, 0.05) is 31.9 Å². The van der Waals surface area contributed by atoms with Crippen LogP contribution in [0.25, 0.3) is 0 Å². The fourth-order valence-corrected chi connectivity index (χ4v) is 4.59. The third kappa shape index (κ3) is 4.86. The molecule has 7 heteroatoms. The first-order valence-corrected chi connectivity index (χ1v) is 10.6. The van der Waals surface area contributed by atoms with E-state index < -0.39 is 10.0 Å². The normalized spacial score (nSPS) is 15.2. The fraction of sp³-hybridized carbons (Fsp3) is 0.400. The van der Waals surface area contributed by atoms with Gasteiger partial charge < -0.3 is 9.80 Å². The first kappa shape index (κ1) is 19.8. The van der Waals surface area contributed by atoms with Gasteiger partial charge in [-0.15, -0.1) is 0 Å². The minimum absolute atomic E-state index is 0.0656. The number of rotatable bonds is 7. The van der Waals surface area contributed by atoms with Gasteiger partial charge in [0.2, 0.25) is 10.0 Å². The number of fused-ring (bicyclic) bond motifs is 1. The number of anilines is 1. The molecule has 1 heterocycles. The molecule has 1 aliphatic rings. The summed E-state index contributed by atoms with van der Waals surface area (Å²) in [5.41, 5.74) is 4.20. The Kier molecular flexibility index (Phi) is 5.83. The number of nitrogens with zero attached hydrogens (tertiary/aromatic N) is 2. The summed E-state index contributed by atoms with van der Waals surface area (Å²) in [4.78, 5) is 4.25. The van der Waals surface area contributed by atoms with Crippen molar-refractivity contribution in [1.29, 1.82) is 0 Å². The molecule has 0 saturated carbocycles. The summed E-state index contributed by atoms with van der Waals surface area (Å²) >= 11 is 0. The van der Waals surface area contributed by atoms with Crippen LogP contribution in [0.5, 0.6) is 0 Å². The number of nitrogens with one attached hydrogen (secondary N) is 1. The molecular weight excluding hydrogens is 365 g/mol. The molecule has 1 N–H and O–H groups in total. The van der Waals surface area contributed by atoms with Crippen LogP contribution < -0.4 is 9.62 Å². The highest BCUT2D eigenvalue weighted by Crippen LogP contribution is 2.30. The average Bonchev–Trinajstić information content (AvgIpc) is 2.97. The van der Waals surface area contributed by atoms with Gasteiger partial charge in [0.25, 0.3) is 0 Å². The predicted octanol–water partition coefficient (Wildman–Crippen LogP) is 2.54. The van der Waals surface area contributed by atoms with Crippen LogP contribution in [0.1, 0.15) is 22.7 Å². The molecule has 0 spiro atoms. The van der Waals surface area contributed by atoms with Crippen LogP contribution in [0.3, 0.4) is 0 Å². The molecule has 2 aromatic carbocycles. The van der Waals surface area contributed by atoms with Gasteiger partial charge in [0.15, 0.2) is 0 Å². The van der Waals surface area contributed by atoms with Gasteiger partial charge in [-0.1, -0.05) is 24.3 Å². The Morgan fingerprint density at radius 2 is 1.89 bits per heavy atom. The SMILES string of the molecule is CN1CCc2cc([C@@H](CNS(=O)(=O)Cc3ccc(F)cc3)N(C)C)ccc21. The number of halogens is 1. The van der Waals surface area contributed by atoms with Crippen molar-refractivity contribution in [3.05, 3.63) is 65.0 Å². The lowest BCUT2D eigenvalue weighted by atomic mass is 10.0. The summed E-state index contributed by atoms with van der Waals surface area (Å²) in [6.07, 6.45) is 1.01. The van der Waals surface area contributed by atoms with Crippen LogP contribution in [0.15, 0.2) is 42.5 Å². The summed E-state index contributed by atoms with van der Waals surface area (Å²) in [5.74, 6) is -0.540.